The topological polar surface area (TPSA) is 98.7 Å². The monoisotopic (exact) mass is 473 g/mol. The molecule has 0 aromatic heterocycles. The minimum absolute atomic E-state index is 0.0230. The van der Waals surface area contributed by atoms with Crippen LogP contribution in [-0.4, -0.2) is 63.0 Å². The number of benzene rings is 1. The molecule has 0 radical (unpaired) electrons. The van der Waals surface area contributed by atoms with Crippen molar-refractivity contribution in [3.8, 4) is 0 Å². The third kappa shape index (κ3) is 3.66. The lowest BCUT2D eigenvalue weighted by molar-refractivity contribution is -0.144. The van der Waals surface area contributed by atoms with Crippen LogP contribution in [0.3, 0.4) is 0 Å². The van der Waals surface area contributed by atoms with E-state index in [0.717, 1.165) is 18.4 Å². The first-order chi connectivity index (χ1) is 15.7. The Morgan fingerprint density at radius 3 is 2.55 bits per heavy atom. The van der Waals surface area contributed by atoms with Crippen molar-refractivity contribution in [1.29, 1.82) is 0 Å². The number of hydrogen-bond acceptors (Lipinski definition) is 5. The Morgan fingerprint density at radius 1 is 1.24 bits per heavy atom. The summed E-state index contributed by atoms with van der Waals surface area (Å²) in [6, 6.07) is 8.50. The van der Waals surface area contributed by atoms with Crippen LogP contribution in [0.5, 0.6) is 0 Å². The van der Waals surface area contributed by atoms with Crippen LogP contribution >= 0.6 is 11.8 Å². The summed E-state index contributed by atoms with van der Waals surface area (Å²) in [7, 11) is 1.60. The number of nitrogens with one attached hydrogen (secondary N) is 2. The highest BCUT2D eigenvalue weighted by molar-refractivity contribution is 8.02. The molecule has 7 nitrogen and oxygen atoms in total. The van der Waals surface area contributed by atoms with Crippen molar-refractivity contribution in [3.05, 3.63) is 35.9 Å². The second kappa shape index (κ2) is 8.95. The largest absolute Gasteiger partial charge is 0.394 e. The average Bonchev–Trinajstić information content (AvgIpc) is 3.39. The predicted octanol–water partition coefficient (Wildman–Crippen LogP) is 1.94. The van der Waals surface area contributed by atoms with E-state index in [1.165, 1.54) is 0 Å². The van der Waals surface area contributed by atoms with Gasteiger partial charge in [-0.15, -0.1) is 11.8 Å². The molecule has 3 N–H and O–H groups in total. The maximum Gasteiger partial charge on any atom is 0.244 e. The number of aliphatic hydroxyl groups is 1. The van der Waals surface area contributed by atoms with Gasteiger partial charge in [-0.25, -0.2) is 0 Å². The molecule has 2 bridgehead atoms. The van der Waals surface area contributed by atoms with E-state index in [-0.39, 0.29) is 35.0 Å². The number of fused-ring (bicyclic) bond motifs is 1. The number of carbonyl (C=O) groups is 3. The maximum absolute atomic E-state index is 14.0. The van der Waals surface area contributed by atoms with E-state index >= 15 is 0 Å². The summed E-state index contributed by atoms with van der Waals surface area (Å²) < 4.78 is -1.04. The predicted molar refractivity (Wildman–Crippen MR) is 128 cm³/mol. The van der Waals surface area contributed by atoms with E-state index in [1.54, 1.807) is 23.7 Å². The van der Waals surface area contributed by atoms with Crippen LogP contribution in [0.1, 0.15) is 45.6 Å². The minimum atomic E-state index is -0.716. The molecule has 2 unspecified atom stereocenters. The number of thioether (sulfide) groups is 1. The molecule has 4 rings (SSSR count). The molecule has 3 fully saturated rings. The zero-order valence-electron chi connectivity index (χ0n) is 19.8. The molecule has 180 valence electrons. The van der Waals surface area contributed by atoms with Gasteiger partial charge in [0.15, 0.2) is 0 Å². The van der Waals surface area contributed by atoms with Crippen LogP contribution in [0.4, 0.5) is 0 Å². The highest BCUT2D eigenvalue weighted by Crippen LogP contribution is 2.71. The molecule has 3 aliphatic rings. The van der Waals surface area contributed by atoms with Crippen molar-refractivity contribution < 1.29 is 19.5 Å². The molecule has 8 heteroatoms. The van der Waals surface area contributed by atoms with Crippen molar-refractivity contribution in [1.82, 2.24) is 15.5 Å². The van der Waals surface area contributed by atoms with Crippen molar-refractivity contribution in [2.75, 3.05) is 13.7 Å². The molecule has 33 heavy (non-hydrogen) atoms. The number of aliphatic hydroxyl groups excluding tert-OH is 1. The molecular formula is C25H35N3O4S. The molecule has 3 aliphatic heterocycles. The first-order valence-electron chi connectivity index (χ1n) is 11.9. The lowest BCUT2D eigenvalue weighted by atomic mass is 9.66. The van der Waals surface area contributed by atoms with Gasteiger partial charge in [0.05, 0.1) is 29.2 Å². The molecule has 3 saturated heterocycles. The third-order valence-electron chi connectivity index (χ3n) is 8.15. The summed E-state index contributed by atoms with van der Waals surface area (Å²) in [5.41, 5.74) is 0.981. The Balaban J connectivity index is 1.74. The van der Waals surface area contributed by atoms with E-state index < -0.39 is 28.7 Å². The smallest absolute Gasteiger partial charge is 0.244 e. The molecule has 1 aromatic carbocycles. The van der Waals surface area contributed by atoms with Gasteiger partial charge in [0.25, 0.3) is 0 Å². The lowest BCUT2D eigenvalue weighted by Gasteiger charge is -2.39. The van der Waals surface area contributed by atoms with Crippen molar-refractivity contribution >= 4 is 29.5 Å². The van der Waals surface area contributed by atoms with Gasteiger partial charge in [-0.05, 0) is 31.2 Å². The van der Waals surface area contributed by atoms with Gasteiger partial charge in [0.2, 0.25) is 17.7 Å². The summed E-state index contributed by atoms with van der Waals surface area (Å²) in [6.45, 7) is 6.23. The van der Waals surface area contributed by atoms with Gasteiger partial charge >= 0.3 is 0 Å². The van der Waals surface area contributed by atoms with Crippen LogP contribution in [0.25, 0.3) is 0 Å². The van der Waals surface area contributed by atoms with E-state index in [1.807, 2.05) is 44.2 Å². The zero-order chi connectivity index (χ0) is 24.0. The fourth-order valence-corrected chi connectivity index (χ4v) is 8.62. The Morgan fingerprint density at radius 2 is 1.94 bits per heavy atom. The van der Waals surface area contributed by atoms with Crippen molar-refractivity contribution in [3.63, 3.8) is 0 Å². The Labute approximate surface area is 200 Å². The molecule has 3 amide bonds. The Bertz CT molecular complexity index is 927. The molecule has 0 aliphatic carbocycles. The van der Waals surface area contributed by atoms with Crippen LogP contribution in [-0.2, 0) is 20.9 Å². The summed E-state index contributed by atoms with van der Waals surface area (Å²) in [4.78, 5) is 42.4. The van der Waals surface area contributed by atoms with Gasteiger partial charge in [-0.1, -0.05) is 50.6 Å². The van der Waals surface area contributed by atoms with Gasteiger partial charge < -0.3 is 20.6 Å². The number of nitrogens with zero attached hydrogens (tertiary/aromatic N) is 1. The van der Waals surface area contributed by atoms with Crippen molar-refractivity contribution in [2.24, 2.45) is 17.8 Å². The zero-order valence-corrected chi connectivity index (χ0v) is 20.7. The second-order valence-corrected chi connectivity index (χ2v) is 11.8. The van der Waals surface area contributed by atoms with Gasteiger partial charge in [0, 0.05) is 18.3 Å². The number of carbonyl (C=O) groups excluding carboxylic acids is 3. The van der Waals surface area contributed by atoms with E-state index in [9.17, 15) is 19.5 Å². The second-order valence-electron chi connectivity index (χ2n) is 9.93. The fraction of sp³-hybridized carbons (Fsp3) is 0.640. The van der Waals surface area contributed by atoms with Gasteiger partial charge in [-0.3, -0.25) is 14.4 Å². The minimum Gasteiger partial charge on any atom is -0.394 e. The number of rotatable bonds is 8. The van der Waals surface area contributed by atoms with E-state index in [2.05, 4.69) is 17.6 Å². The third-order valence-corrected chi connectivity index (χ3v) is 10.1. The summed E-state index contributed by atoms with van der Waals surface area (Å²) in [5.74, 6) is -1.54. The maximum atomic E-state index is 14.0. The normalized spacial score (nSPS) is 34.2. The van der Waals surface area contributed by atoms with Gasteiger partial charge in [0.1, 0.15) is 6.04 Å². The number of likely N-dealkylation sites (tertiary alicyclic amines) is 1. The standard InChI is InChI=1S/C25H35N3O4S/c1-5-15(2)17(14-29)28-20(22(31)27-13-16-9-7-6-8-10-16)25-12-11-24(3,33-25)18(21(30)26-4)19(25)23(28)32/h6-10,15,17-20,29H,5,11-14H2,1-4H3,(H,26,30)(H,27,31)/t15-,17-,18-,19-,20?,24+,25?/m0/s1. The van der Waals surface area contributed by atoms with Crippen LogP contribution < -0.4 is 10.6 Å². The SMILES string of the molecule is CC[C@H](C)[C@H](CO)N1C(=O)[C@@H]2[C@@H](C(=O)NC)[C@@]3(C)CCC2(S3)C1C(=O)NCc1ccccc1. The molecule has 1 spiro atoms. The lowest BCUT2D eigenvalue weighted by Crippen LogP contribution is -2.57. The molecular weight excluding hydrogens is 438 g/mol. The summed E-state index contributed by atoms with van der Waals surface area (Å²) >= 11 is 1.65. The summed E-state index contributed by atoms with van der Waals surface area (Å²) in [6.07, 6.45) is 2.26. The first-order valence-corrected chi connectivity index (χ1v) is 12.7. The fourth-order valence-electron chi connectivity index (χ4n) is 6.27. The molecule has 3 heterocycles. The van der Waals surface area contributed by atoms with Crippen LogP contribution in [0.15, 0.2) is 30.3 Å². The highest BCUT2D eigenvalue weighted by atomic mass is 32.2. The summed E-state index contributed by atoms with van der Waals surface area (Å²) in [5, 5.41) is 16.1. The molecule has 1 aromatic rings. The highest BCUT2D eigenvalue weighted by Gasteiger charge is 2.77. The number of amides is 3. The van der Waals surface area contributed by atoms with E-state index in [0.29, 0.717) is 13.0 Å². The Kier molecular flexibility index (Phi) is 6.53. The van der Waals surface area contributed by atoms with Crippen LogP contribution in [0.2, 0.25) is 0 Å². The van der Waals surface area contributed by atoms with Gasteiger partial charge in [-0.2, -0.15) is 0 Å². The Hall–Kier alpha value is -2.06. The van der Waals surface area contributed by atoms with E-state index in [4.69, 9.17) is 0 Å². The molecule has 0 saturated carbocycles. The number of hydrogen-bond donors (Lipinski definition) is 3. The first kappa shape index (κ1) is 24.1. The average molecular weight is 474 g/mol. The molecule has 7 atom stereocenters. The van der Waals surface area contributed by atoms with Crippen LogP contribution in [0, 0.1) is 17.8 Å². The quantitative estimate of drug-likeness (QED) is 0.536. The van der Waals surface area contributed by atoms with Crippen molar-refractivity contribution in [2.45, 2.75) is 68.2 Å².